The van der Waals surface area contributed by atoms with Crippen molar-refractivity contribution in [1.82, 2.24) is 0 Å². The number of aliphatic hydroxyl groups is 1. The van der Waals surface area contributed by atoms with Gasteiger partial charge in [0, 0.05) is 0 Å². The van der Waals surface area contributed by atoms with Crippen LogP contribution in [-0.4, -0.2) is 26.2 Å². The summed E-state index contributed by atoms with van der Waals surface area (Å²) in [5, 5.41) is 10.2. The van der Waals surface area contributed by atoms with Crippen LogP contribution < -0.4 is 0 Å². The fourth-order valence-corrected chi connectivity index (χ4v) is 9.70. The second-order valence-electron chi connectivity index (χ2n) is 12.4. The molecule has 0 bridgehead atoms. The number of hydrogen-bond donors (Lipinski definition) is 1. The highest BCUT2D eigenvalue weighted by atomic mass is 32.2. The van der Waals surface area contributed by atoms with E-state index in [9.17, 15) is 13.5 Å². The number of fused-ring (bicyclic) bond motifs is 5. The van der Waals surface area contributed by atoms with E-state index in [0.29, 0.717) is 11.8 Å². The van der Waals surface area contributed by atoms with Crippen LogP contribution in [-0.2, 0) is 14.3 Å². The van der Waals surface area contributed by atoms with Gasteiger partial charge in [0.1, 0.15) is 0 Å². The molecule has 2 unspecified atom stereocenters. The molecule has 0 amide bonds. The van der Waals surface area contributed by atoms with Crippen molar-refractivity contribution in [2.75, 3.05) is 6.61 Å². The van der Waals surface area contributed by atoms with E-state index in [0.717, 1.165) is 43.1 Å². The van der Waals surface area contributed by atoms with Gasteiger partial charge in [-0.15, -0.1) is 0 Å². The van der Waals surface area contributed by atoms with Crippen molar-refractivity contribution < 1.29 is 17.7 Å². The lowest BCUT2D eigenvalue weighted by Crippen LogP contribution is -2.51. The summed E-state index contributed by atoms with van der Waals surface area (Å²) in [4.78, 5) is 0.247. The Morgan fingerprint density at radius 3 is 2.53 bits per heavy atom. The Labute approximate surface area is 206 Å². The molecule has 5 rings (SSSR count). The van der Waals surface area contributed by atoms with Crippen molar-refractivity contribution in [3.63, 3.8) is 0 Å². The summed E-state index contributed by atoms with van der Waals surface area (Å²) in [5.74, 6) is 2.86. The summed E-state index contributed by atoms with van der Waals surface area (Å²) in [7, 11) is -3.72. The van der Waals surface area contributed by atoms with Gasteiger partial charge in [-0.1, -0.05) is 50.1 Å². The van der Waals surface area contributed by atoms with Crippen LogP contribution in [0, 0.1) is 47.3 Å². The molecule has 1 aromatic carbocycles. The molecule has 0 saturated heterocycles. The molecule has 188 valence electrons. The van der Waals surface area contributed by atoms with Crippen molar-refractivity contribution in [3.05, 3.63) is 41.5 Å². The molecule has 0 heterocycles. The SMILES string of the molecule is Cc1ccc(S(=O)(=O)OCC(C)[C@H]2CC[C@H]3[C@@H]4CC=C5CC(O)CC[C@]5(C)[C@H]4CC[C@]23C)cc1. The van der Waals surface area contributed by atoms with Crippen LogP contribution in [0.15, 0.2) is 40.8 Å². The smallest absolute Gasteiger partial charge is 0.296 e. The Bertz CT molecular complexity index is 1040. The fraction of sp³-hybridized carbons (Fsp3) is 0.724. The van der Waals surface area contributed by atoms with E-state index in [1.165, 1.54) is 31.3 Å². The van der Waals surface area contributed by atoms with E-state index in [1.54, 1.807) is 12.1 Å². The van der Waals surface area contributed by atoms with Crippen LogP contribution in [0.3, 0.4) is 0 Å². The molecule has 5 heteroatoms. The number of rotatable bonds is 5. The van der Waals surface area contributed by atoms with Crippen molar-refractivity contribution in [2.24, 2.45) is 40.4 Å². The highest BCUT2D eigenvalue weighted by Crippen LogP contribution is 2.67. The van der Waals surface area contributed by atoms with Gasteiger partial charge in [-0.2, -0.15) is 8.42 Å². The largest absolute Gasteiger partial charge is 0.393 e. The Morgan fingerprint density at radius 2 is 1.79 bits per heavy atom. The number of aryl methyl sites for hydroxylation is 1. The maximum absolute atomic E-state index is 12.8. The van der Waals surface area contributed by atoms with Crippen LogP contribution in [0.25, 0.3) is 0 Å². The first-order valence-corrected chi connectivity index (χ1v) is 14.8. The van der Waals surface area contributed by atoms with Gasteiger partial charge in [-0.3, -0.25) is 4.18 Å². The van der Waals surface area contributed by atoms with Crippen LogP contribution in [0.4, 0.5) is 0 Å². The average molecular weight is 487 g/mol. The van der Waals surface area contributed by atoms with Crippen molar-refractivity contribution in [2.45, 2.75) is 90.1 Å². The minimum atomic E-state index is -3.72. The molecule has 8 atom stereocenters. The molecule has 0 radical (unpaired) electrons. The minimum absolute atomic E-state index is 0.155. The zero-order valence-corrected chi connectivity index (χ0v) is 22.1. The maximum Gasteiger partial charge on any atom is 0.296 e. The number of benzene rings is 1. The van der Waals surface area contributed by atoms with Gasteiger partial charge in [0.05, 0.1) is 17.6 Å². The van der Waals surface area contributed by atoms with Crippen LogP contribution in [0.2, 0.25) is 0 Å². The molecule has 4 aliphatic rings. The van der Waals surface area contributed by atoms with Crippen LogP contribution in [0.5, 0.6) is 0 Å². The van der Waals surface area contributed by atoms with Crippen molar-refractivity contribution >= 4 is 10.1 Å². The molecular formula is C29H42O4S. The third-order valence-electron chi connectivity index (χ3n) is 10.6. The van der Waals surface area contributed by atoms with Gasteiger partial charge in [-0.25, -0.2) is 0 Å². The van der Waals surface area contributed by atoms with Gasteiger partial charge >= 0.3 is 0 Å². The zero-order chi connectivity index (χ0) is 24.3. The molecule has 1 aromatic rings. The van der Waals surface area contributed by atoms with Gasteiger partial charge in [-0.05, 0) is 111 Å². The van der Waals surface area contributed by atoms with Crippen LogP contribution >= 0.6 is 0 Å². The predicted molar refractivity (Wildman–Crippen MR) is 135 cm³/mol. The molecule has 0 aliphatic heterocycles. The summed E-state index contributed by atoms with van der Waals surface area (Å²) in [6.45, 7) is 9.37. The molecular weight excluding hydrogens is 444 g/mol. The Balaban J connectivity index is 1.29. The van der Waals surface area contributed by atoms with Gasteiger partial charge in [0.25, 0.3) is 10.1 Å². The predicted octanol–water partition coefficient (Wildman–Crippen LogP) is 6.28. The molecule has 3 fully saturated rings. The molecule has 4 nitrogen and oxygen atoms in total. The third kappa shape index (κ3) is 4.00. The van der Waals surface area contributed by atoms with E-state index >= 15 is 0 Å². The van der Waals surface area contributed by atoms with Crippen molar-refractivity contribution in [1.29, 1.82) is 0 Å². The monoisotopic (exact) mass is 486 g/mol. The number of allylic oxidation sites excluding steroid dienone is 1. The average Bonchev–Trinajstić information content (AvgIpc) is 3.15. The second kappa shape index (κ2) is 8.74. The highest BCUT2D eigenvalue weighted by molar-refractivity contribution is 7.86. The first-order valence-electron chi connectivity index (χ1n) is 13.4. The lowest BCUT2D eigenvalue weighted by Gasteiger charge is -2.58. The normalized spacial score (nSPS) is 40.6. The van der Waals surface area contributed by atoms with Crippen molar-refractivity contribution in [3.8, 4) is 0 Å². The summed E-state index contributed by atoms with van der Waals surface area (Å²) in [5.41, 5.74) is 3.08. The van der Waals surface area contributed by atoms with E-state index < -0.39 is 10.1 Å². The topological polar surface area (TPSA) is 63.6 Å². The molecule has 1 N–H and O–H groups in total. The highest BCUT2D eigenvalue weighted by Gasteiger charge is 2.59. The Hall–Kier alpha value is -1.17. The lowest BCUT2D eigenvalue weighted by molar-refractivity contribution is -0.0590. The Kier molecular flexibility index (Phi) is 6.30. The summed E-state index contributed by atoms with van der Waals surface area (Å²) < 4.78 is 31.1. The van der Waals surface area contributed by atoms with Gasteiger partial charge < -0.3 is 5.11 Å². The minimum Gasteiger partial charge on any atom is -0.393 e. The van der Waals surface area contributed by atoms with Gasteiger partial charge in [0.2, 0.25) is 0 Å². The number of hydrogen-bond acceptors (Lipinski definition) is 4. The molecule has 34 heavy (non-hydrogen) atoms. The third-order valence-corrected chi connectivity index (χ3v) is 11.9. The van der Waals surface area contributed by atoms with Crippen LogP contribution in [0.1, 0.15) is 77.7 Å². The van der Waals surface area contributed by atoms with E-state index in [2.05, 4.69) is 26.8 Å². The quantitative estimate of drug-likeness (QED) is 0.393. The first kappa shape index (κ1) is 24.5. The summed E-state index contributed by atoms with van der Waals surface area (Å²) >= 11 is 0. The number of aliphatic hydroxyl groups excluding tert-OH is 1. The Morgan fingerprint density at radius 1 is 1.06 bits per heavy atom. The maximum atomic E-state index is 12.8. The zero-order valence-electron chi connectivity index (χ0n) is 21.3. The molecule has 3 saturated carbocycles. The molecule has 0 spiro atoms. The second-order valence-corrected chi connectivity index (χ2v) is 14.0. The first-order chi connectivity index (χ1) is 16.0. The summed E-state index contributed by atoms with van der Waals surface area (Å²) in [6, 6.07) is 6.91. The van der Waals surface area contributed by atoms with E-state index in [4.69, 9.17) is 4.18 Å². The lowest BCUT2D eigenvalue weighted by atomic mass is 9.47. The molecule has 0 aromatic heterocycles. The van der Waals surface area contributed by atoms with E-state index in [1.807, 2.05) is 19.1 Å². The summed E-state index contributed by atoms with van der Waals surface area (Å²) in [6.07, 6.45) is 11.3. The fourth-order valence-electron chi connectivity index (χ4n) is 8.70. The van der Waals surface area contributed by atoms with Gasteiger partial charge in [0.15, 0.2) is 0 Å². The van der Waals surface area contributed by atoms with E-state index in [-0.39, 0.29) is 34.4 Å². The standard InChI is InChI=1S/C29H42O4S/c1-19-5-8-23(9-6-19)34(31,32)33-18-20(2)25-11-12-26-24-10-7-21-17-22(30)13-15-28(21,3)27(24)14-16-29(25,26)4/h5-9,20,22,24-27,30H,10-18H2,1-4H3/t20?,22?,24-,25+,26-,27-,28-,29+/m0/s1. The molecule has 4 aliphatic carbocycles.